The van der Waals surface area contributed by atoms with Crippen LogP contribution in [0.3, 0.4) is 0 Å². The highest BCUT2D eigenvalue weighted by molar-refractivity contribution is 6.21. The first-order valence-electron chi connectivity index (χ1n) is 7.29. The van der Waals surface area contributed by atoms with Gasteiger partial charge in [-0.05, 0) is 30.0 Å². The Balaban J connectivity index is 2.18. The summed E-state index contributed by atoms with van der Waals surface area (Å²) in [6.45, 7) is 4.47. The van der Waals surface area contributed by atoms with E-state index >= 15 is 0 Å². The molecule has 0 fully saturated rings. The maximum atomic E-state index is 6.49. The monoisotopic (exact) mass is 267 g/mol. The minimum absolute atomic E-state index is 0.249. The Morgan fingerprint density at radius 2 is 1.67 bits per heavy atom. The number of nitrogens with zero attached hydrogens (tertiary/aromatic N) is 1. The fourth-order valence-corrected chi connectivity index (χ4v) is 2.55. The van der Waals surface area contributed by atoms with Crippen molar-refractivity contribution in [1.82, 2.24) is 4.98 Å². The zero-order valence-electron chi connectivity index (χ0n) is 11.7. The number of hydrogen-bond donors (Lipinski definition) is 0. The van der Waals surface area contributed by atoms with Gasteiger partial charge in [-0.3, -0.25) is 4.98 Å². The van der Waals surface area contributed by atoms with Gasteiger partial charge in [-0.25, -0.2) is 0 Å². The van der Waals surface area contributed by atoms with Gasteiger partial charge in [-0.2, -0.15) is 0 Å². The summed E-state index contributed by atoms with van der Waals surface area (Å²) in [7, 11) is 0. The van der Waals surface area contributed by atoms with E-state index in [0.717, 1.165) is 6.42 Å². The Hall–Kier alpha value is -0.560. The van der Waals surface area contributed by atoms with Crippen molar-refractivity contribution in [1.29, 1.82) is 0 Å². The molecule has 2 atom stereocenters. The lowest BCUT2D eigenvalue weighted by atomic mass is 9.95. The van der Waals surface area contributed by atoms with Crippen molar-refractivity contribution < 1.29 is 0 Å². The molecule has 0 aliphatic heterocycles. The molecule has 0 aliphatic rings. The second-order valence-corrected chi connectivity index (χ2v) is 5.70. The van der Waals surface area contributed by atoms with E-state index in [1.807, 2.05) is 12.4 Å². The van der Waals surface area contributed by atoms with E-state index in [1.54, 1.807) is 0 Å². The fourth-order valence-electron chi connectivity index (χ4n) is 2.25. The maximum Gasteiger partial charge on any atom is 0.0402 e. The average molecular weight is 268 g/mol. The molecular formula is C16H26ClN. The van der Waals surface area contributed by atoms with E-state index in [2.05, 4.69) is 31.0 Å². The van der Waals surface area contributed by atoms with Crippen LogP contribution in [0.15, 0.2) is 24.5 Å². The van der Waals surface area contributed by atoms with E-state index in [4.69, 9.17) is 11.6 Å². The predicted octanol–water partition coefficient (Wildman–Crippen LogP) is 5.54. The molecule has 1 aromatic heterocycles. The van der Waals surface area contributed by atoms with Crippen molar-refractivity contribution in [2.75, 3.05) is 0 Å². The minimum atomic E-state index is 0.249. The third-order valence-electron chi connectivity index (χ3n) is 3.61. The third-order valence-corrected chi connectivity index (χ3v) is 4.20. The summed E-state index contributed by atoms with van der Waals surface area (Å²) in [5, 5.41) is 0.249. The van der Waals surface area contributed by atoms with Crippen molar-refractivity contribution in [2.24, 2.45) is 0 Å². The Morgan fingerprint density at radius 1 is 1.06 bits per heavy atom. The van der Waals surface area contributed by atoms with Crippen molar-refractivity contribution in [3.05, 3.63) is 30.1 Å². The highest BCUT2D eigenvalue weighted by Gasteiger charge is 2.15. The molecule has 0 N–H and O–H groups in total. The number of hydrogen-bond acceptors (Lipinski definition) is 1. The molecule has 0 spiro atoms. The predicted molar refractivity (Wildman–Crippen MR) is 80.3 cm³/mol. The van der Waals surface area contributed by atoms with Gasteiger partial charge in [-0.15, -0.1) is 11.6 Å². The molecule has 18 heavy (non-hydrogen) atoms. The van der Waals surface area contributed by atoms with Crippen LogP contribution in [0.4, 0.5) is 0 Å². The number of rotatable bonds is 9. The van der Waals surface area contributed by atoms with Gasteiger partial charge in [0, 0.05) is 17.8 Å². The van der Waals surface area contributed by atoms with Crippen LogP contribution < -0.4 is 0 Å². The molecule has 0 aliphatic carbocycles. The van der Waals surface area contributed by atoms with Crippen LogP contribution in [-0.2, 0) is 0 Å². The Labute approximate surface area is 117 Å². The lowest BCUT2D eigenvalue weighted by molar-refractivity contribution is 0.554. The lowest BCUT2D eigenvalue weighted by Gasteiger charge is -2.18. The van der Waals surface area contributed by atoms with Crippen molar-refractivity contribution >= 4 is 11.6 Å². The van der Waals surface area contributed by atoms with Gasteiger partial charge in [0.05, 0.1) is 0 Å². The van der Waals surface area contributed by atoms with Crippen LogP contribution in [-0.4, -0.2) is 10.4 Å². The van der Waals surface area contributed by atoms with E-state index in [1.165, 1.54) is 44.1 Å². The molecule has 1 nitrogen and oxygen atoms in total. The van der Waals surface area contributed by atoms with Crippen molar-refractivity contribution in [2.45, 2.75) is 70.1 Å². The van der Waals surface area contributed by atoms with Gasteiger partial charge in [0.2, 0.25) is 0 Å². The molecule has 0 aromatic carbocycles. The molecule has 1 heterocycles. The van der Waals surface area contributed by atoms with E-state index in [-0.39, 0.29) is 5.38 Å². The number of alkyl halides is 1. The molecule has 0 saturated heterocycles. The molecule has 2 heteroatoms. The molecule has 0 saturated carbocycles. The van der Waals surface area contributed by atoms with Gasteiger partial charge in [0.15, 0.2) is 0 Å². The molecule has 0 amide bonds. The number of unbranched alkanes of at least 4 members (excludes halogenated alkanes) is 5. The van der Waals surface area contributed by atoms with Crippen LogP contribution in [0.1, 0.15) is 70.3 Å². The summed E-state index contributed by atoms with van der Waals surface area (Å²) in [6.07, 6.45) is 12.8. The summed E-state index contributed by atoms with van der Waals surface area (Å²) in [6, 6.07) is 4.14. The van der Waals surface area contributed by atoms with Crippen LogP contribution in [0.5, 0.6) is 0 Å². The quantitative estimate of drug-likeness (QED) is 0.423. The summed E-state index contributed by atoms with van der Waals surface area (Å²) < 4.78 is 0. The first kappa shape index (κ1) is 15.5. The van der Waals surface area contributed by atoms with Crippen LogP contribution >= 0.6 is 11.6 Å². The van der Waals surface area contributed by atoms with Gasteiger partial charge >= 0.3 is 0 Å². The second kappa shape index (κ2) is 9.38. The summed E-state index contributed by atoms with van der Waals surface area (Å²) in [4.78, 5) is 4.05. The molecular weight excluding hydrogens is 242 g/mol. The number of aromatic nitrogens is 1. The standard InChI is InChI=1S/C16H26ClN/c1-3-4-5-6-7-8-9-16(17)14(2)15-10-12-18-13-11-15/h10-14,16H,3-9H2,1-2H3. The van der Waals surface area contributed by atoms with Gasteiger partial charge in [0.25, 0.3) is 0 Å². The normalized spacial score (nSPS) is 14.4. The molecule has 102 valence electrons. The smallest absolute Gasteiger partial charge is 0.0402 e. The Kier molecular flexibility index (Phi) is 8.08. The number of pyridine rings is 1. The summed E-state index contributed by atoms with van der Waals surface area (Å²) in [5.74, 6) is 0.422. The molecule has 1 aromatic rings. The van der Waals surface area contributed by atoms with E-state index in [0.29, 0.717) is 5.92 Å². The first-order chi connectivity index (χ1) is 8.75. The van der Waals surface area contributed by atoms with Gasteiger partial charge in [0.1, 0.15) is 0 Å². The average Bonchev–Trinajstić information content (AvgIpc) is 2.42. The van der Waals surface area contributed by atoms with Crippen molar-refractivity contribution in [3.8, 4) is 0 Å². The Morgan fingerprint density at radius 3 is 2.33 bits per heavy atom. The van der Waals surface area contributed by atoms with Crippen LogP contribution in [0, 0.1) is 0 Å². The second-order valence-electron chi connectivity index (χ2n) is 5.14. The molecule has 2 unspecified atom stereocenters. The highest BCUT2D eigenvalue weighted by Crippen LogP contribution is 2.26. The fraction of sp³-hybridized carbons (Fsp3) is 0.688. The van der Waals surface area contributed by atoms with Crippen molar-refractivity contribution in [3.63, 3.8) is 0 Å². The topological polar surface area (TPSA) is 12.9 Å². The van der Waals surface area contributed by atoms with E-state index in [9.17, 15) is 0 Å². The highest BCUT2D eigenvalue weighted by atomic mass is 35.5. The number of halogens is 1. The zero-order chi connectivity index (χ0) is 13.2. The summed E-state index contributed by atoms with van der Waals surface area (Å²) in [5.41, 5.74) is 1.30. The van der Waals surface area contributed by atoms with Crippen LogP contribution in [0.2, 0.25) is 0 Å². The lowest BCUT2D eigenvalue weighted by Crippen LogP contribution is -2.09. The first-order valence-corrected chi connectivity index (χ1v) is 7.73. The molecule has 0 bridgehead atoms. The van der Waals surface area contributed by atoms with E-state index < -0.39 is 0 Å². The SMILES string of the molecule is CCCCCCCCC(Cl)C(C)c1ccncc1. The zero-order valence-corrected chi connectivity index (χ0v) is 12.5. The Bertz CT molecular complexity index is 299. The molecule has 1 rings (SSSR count). The van der Waals surface area contributed by atoms with Gasteiger partial charge in [-0.1, -0.05) is 52.4 Å². The van der Waals surface area contributed by atoms with Crippen LogP contribution in [0.25, 0.3) is 0 Å². The maximum absolute atomic E-state index is 6.49. The third kappa shape index (κ3) is 5.86. The largest absolute Gasteiger partial charge is 0.265 e. The minimum Gasteiger partial charge on any atom is -0.265 e. The van der Waals surface area contributed by atoms with Gasteiger partial charge < -0.3 is 0 Å². The summed E-state index contributed by atoms with van der Waals surface area (Å²) >= 11 is 6.49. The molecule has 0 radical (unpaired) electrons.